The second kappa shape index (κ2) is 39.2. The van der Waals surface area contributed by atoms with Crippen LogP contribution in [0.2, 0.25) is 0 Å². The summed E-state index contributed by atoms with van der Waals surface area (Å²) in [4.78, 5) is 52.2. The van der Waals surface area contributed by atoms with Gasteiger partial charge in [0.15, 0.2) is 65.5 Å². The molecule has 1 amide bonds. The van der Waals surface area contributed by atoms with Crippen LogP contribution in [0.5, 0.6) is 0 Å². The van der Waals surface area contributed by atoms with Crippen molar-refractivity contribution < 1.29 is 104 Å². The number of pyridine rings is 1. The van der Waals surface area contributed by atoms with E-state index in [4.69, 9.17) is 79.8 Å². The maximum Gasteiger partial charge on any atom is 0.250 e. The number of amidine groups is 3. The maximum atomic E-state index is 14.7. The summed E-state index contributed by atoms with van der Waals surface area (Å²) in [6.45, 7) is 23.9. The van der Waals surface area contributed by atoms with Gasteiger partial charge in [-0.25, -0.2) is 52.2 Å². The zero-order chi connectivity index (χ0) is 78.8. The van der Waals surface area contributed by atoms with Crippen LogP contribution >= 0.6 is 11.8 Å². The number of ketones is 1. The number of amides is 1. The molecule has 0 spiro atoms. The summed E-state index contributed by atoms with van der Waals surface area (Å²) >= 11 is 1.61. The van der Waals surface area contributed by atoms with Crippen LogP contribution in [0.3, 0.4) is 0 Å². The molecular weight excluding hydrogens is 1440 g/mol. The Labute approximate surface area is 619 Å². The molecule has 0 aromatic carbocycles. The predicted octanol–water partition coefficient (Wildman–Crippen LogP) is 1.14. The summed E-state index contributed by atoms with van der Waals surface area (Å²) in [5.74, 6) is 1.25. The van der Waals surface area contributed by atoms with Gasteiger partial charge in [0, 0.05) is 106 Å². The van der Waals surface area contributed by atoms with Crippen molar-refractivity contribution in [3.63, 3.8) is 0 Å². The van der Waals surface area contributed by atoms with Crippen LogP contribution in [0, 0.1) is 0 Å². The van der Waals surface area contributed by atoms with Gasteiger partial charge in [0.05, 0.1) is 51.7 Å². The molecule has 5 fully saturated rings. The number of carbonyl (C=O) groups is 2. The number of imidazole rings is 1. The molecule has 0 radical (unpaired) electrons. The number of aliphatic imine (C=N–C) groups is 3. The SMILES string of the molecule is C=C1N=C(N)C(F)=CN1[C@@H]1CS[C@H](COC)O1.C=C1N=C(N)C=CN1[C@@H]1O[C@H](COC)[C@@H](O)[C@@]1(C)F.C=C1N=C(N)C=CN1[C@@H]1O[C@H](COC)[C@@H](O)[C@H]1OC.C=C1NC(=O)C=CN1[C@@H]1O[C@H](COC)[C@@H](O)[C@@]1(C)F.CCOCCn1cnc2c(N)ccnc21.COC[C@H]1O[C@@H](n2cnc(C(C)=O)n2)[C@H](F)[C@@H]1O. The smallest absolute Gasteiger partial charge is 0.250 e. The Hall–Kier alpha value is -8.34. The number of nitrogens with zero attached hydrogens (tertiary/aromatic N) is 13. The zero-order valence-electron chi connectivity index (χ0n) is 60.8. The maximum absolute atomic E-state index is 14.7. The molecule has 3 aromatic heterocycles. The third-order valence-electron chi connectivity index (χ3n) is 17.0. The van der Waals surface area contributed by atoms with E-state index in [1.165, 1.54) is 96.1 Å². The van der Waals surface area contributed by atoms with E-state index in [0.717, 1.165) is 29.0 Å². The summed E-state index contributed by atoms with van der Waals surface area (Å²) in [7, 11) is 9.02. The van der Waals surface area contributed by atoms with Gasteiger partial charge in [-0.1, -0.05) is 26.3 Å². The molecule has 36 nitrogen and oxygen atoms in total. The van der Waals surface area contributed by atoms with E-state index in [1.54, 1.807) is 66.6 Å². The van der Waals surface area contributed by atoms with Gasteiger partial charge in [0.2, 0.25) is 5.82 Å². The Morgan fingerprint density at radius 3 is 1.79 bits per heavy atom. The summed E-state index contributed by atoms with van der Waals surface area (Å²) in [6.07, 6.45) is 1.36. The Bertz CT molecular complexity index is 3770. The molecule has 0 bridgehead atoms. The van der Waals surface area contributed by atoms with E-state index in [0.29, 0.717) is 42.1 Å². The van der Waals surface area contributed by atoms with Crippen LogP contribution in [0.4, 0.5) is 23.2 Å². The average Bonchev–Trinajstić information content (AvgIpc) is 1.63. The van der Waals surface area contributed by atoms with Crippen LogP contribution in [-0.4, -0.2) is 296 Å². The van der Waals surface area contributed by atoms with Crippen LogP contribution in [0.25, 0.3) is 11.2 Å². The number of ether oxygens (including phenoxy) is 12. The van der Waals surface area contributed by atoms with E-state index < -0.39 is 103 Å². The van der Waals surface area contributed by atoms with Gasteiger partial charge in [-0.05, 0) is 39.0 Å². The molecule has 9 aliphatic rings. The first kappa shape index (κ1) is 85.9. The van der Waals surface area contributed by atoms with Gasteiger partial charge in [-0.2, -0.15) is 0 Å². The molecule has 3 aromatic rings. The molecule has 12 rings (SSSR count). The highest BCUT2D eigenvalue weighted by Gasteiger charge is 2.58. The number of aliphatic hydroxyl groups is 4. The first-order valence-electron chi connectivity index (χ1n) is 33.1. The van der Waals surface area contributed by atoms with Crippen LogP contribution in [0.15, 0.2) is 138 Å². The number of aliphatic hydroxyl groups excluding tert-OH is 4. The first-order chi connectivity index (χ1) is 50.8. The largest absolute Gasteiger partial charge is 0.397 e. The molecule has 592 valence electrons. The van der Waals surface area contributed by atoms with Crippen molar-refractivity contribution >= 4 is 57.8 Å². The lowest BCUT2D eigenvalue weighted by atomic mass is 9.98. The van der Waals surface area contributed by atoms with Crippen molar-refractivity contribution in [3.8, 4) is 0 Å². The molecular formula is C66H96F4N18O18S. The van der Waals surface area contributed by atoms with Gasteiger partial charge in [-0.15, -0.1) is 16.9 Å². The molecule has 5 saturated heterocycles. The molecule has 0 unspecified atom stereocenters. The van der Waals surface area contributed by atoms with Crippen LogP contribution < -0.4 is 28.3 Å². The Balaban J connectivity index is 0.000000179. The van der Waals surface area contributed by atoms with E-state index in [2.05, 4.69) is 66.7 Å². The topological polar surface area (TPSA) is 453 Å². The van der Waals surface area contributed by atoms with Crippen molar-refractivity contribution in [1.82, 2.24) is 54.2 Å². The number of nitrogens with two attached hydrogens (primary N) is 4. The molecule has 9 aliphatic heterocycles. The van der Waals surface area contributed by atoms with Gasteiger partial charge in [-0.3, -0.25) is 9.59 Å². The highest BCUT2D eigenvalue weighted by Crippen LogP contribution is 2.41. The number of nitrogens with one attached hydrogen (secondary N) is 1. The number of aromatic nitrogens is 6. The lowest BCUT2D eigenvalue weighted by molar-refractivity contribution is -0.119. The highest BCUT2D eigenvalue weighted by atomic mass is 32.2. The third kappa shape index (κ3) is 21.1. The van der Waals surface area contributed by atoms with Crippen molar-refractivity contribution in [1.29, 1.82) is 0 Å². The number of alkyl halides is 3. The molecule has 107 heavy (non-hydrogen) atoms. The van der Waals surface area contributed by atoms with E-state index in [-0.39, 0.29) is 78.9 Å². The van der Waals surface area contributed by atoms with Crippen molar-refractivity contribution in [2.75, 3.05) is 100 Å². The normalized spacial score (nSPS) is 31.5. The van der Waals surface area contributed by atoms with Gasteiger partial charge < -0.3 is 130 Å². The van der Waals surface area contributed by atoms with Crippen molar-refractivity contribution in [2.45, 2.75) is 143 Å². The Morgan fingerprint density at radius 1 is 0.701 bits per heavy atom. The molecule has 0 aliphatic carbocycles. The average molecular weight is 1540 g/mol. The Morgan fingerprint density at radius 2 is 1.24 bits per heavy atom. The van der Waals surface area contributed by atoms with Gasteiger partial charge >= 0.3 is 0 Å². The minimum Gasteiger partial charge on any atom is -0.397 e. The number of thioether (sulfide) groups is 1. The number of hydrogen-bond donors (Lipinski definition) is 9. The number of halogens is 4. The molecule has 12 heterocycles. The third-order valence-corrected chi connectivity index (χ3v) is 18.1. The van der Waals surface area contributed by atoms with E-state index in [9.17, 15) is 47.6 Å². The number of rotatable bonds is 21. The van der Waals surface area contributed by atoms with E-state index >= 15 is 0 Å². The first-order valence-corrected chi connectivity index (χ1v) is 34.2. The number of carbonyl (C=O) groups excluding carboxylic acids is 2. The van der Waals surface area contributed by atoms with Crippen molar-refractivity contribution in [3.05, 3.63) is 129 Å². The number of nitrogen functional groups attached to an aromatic ring is 1. The fourth-order valence-electron chi connectivity index (χ4n) is 11.5. The van der Waals surface area contributed by atoms with Crippen LogP contribution in [0.1, 0.15) is 44.5 Å². The number of hydrogen-bond acceptors (Lipinski definition) is 34. The highest BCUT2D eigenvalue weighted by molar-refractivity contribution is 8.00. The second-order valence-electron chi connectivity index (χ2n) is 24.8. The minimum absolute atomic E-state index is 0.0181. The molecule has 18 atom stereocenters. The molecule has 13 N–H and O–H groups in total. The van der Waals surface area contributed by atoms with Crippen LogP contribution in [-0.2, 0) is 68.2 Å². The zero-order valence-corrected chi connectivity index (χ0v) is 61.6. The Kier molecular flexibility index (Phi) is 31.4. The minimum atomic E-state index is -2.02. The lowest BCUT2D eigenvalue weighted by Crippen LogP contribution is -2.51. The molecule has 41 heteroatoms. The summed E-state index contributed by atoms with van der Waals surface area (Å²) < 4.78 is 123. The summed E-state index contributed by atoms with van der Waals surface area (Å²) in [5.41, 5.74) is 20.5. The molecule has 0 saturated carbocycles. The lowest BCUT2D eigenvalue weighted by Gasteiger charge is -2.35. The summed E-state index contributed by atoms with van der Waals surface area (Å²) in [5, 5.41) is 45.9. The second-order valence-corrected chi connectivity index (χ2v) is 25.9. The number of anilines is 1. The van der Waals surface area contributed by atoms with Gasteiger partial charge in [0.25, 0.3) is 5.91 Å². The number of fused-ring (bicyclic) bond motifs is 1. The number of methoxy groups -OCH3 is 6. The quantitative estimate of drug-likeness (QED) is 0.0410. The number of Topliss-reactive ketones (excluding diaryl/α,β-unsaturated/α-hetero) is 1. The van der Waals surface area contributed by atoms with E-state index in [1.807, 2.05) is 11.5 Å². The van der Waals surface area contributed by atoms with Gasteiger partial charge in [0.1, 0.15) is 113 Å². The monoisotopic (exact) mass is 1540 g/mol. The summed E-state index contributed by atoms with van der Waals surface area (Å²) in [6, 6.07) is 1.75. The predicted molar refractivity (Wildman–Crippen MR) is 381 cm³/mol. The fourth-order valence-corrected chi connectivity index (χ4v) is 12.5. The standard InChI is InChI=1S/C12H18FN3O3.C12H17FN2O4.C12H19N3O4.C10H14FN3O4.C10H14FN3O2S.C10H14N4O/c1-7-15-9(14)4-5-16(7)11-12(2,13)10(17)8(19-11)6-18-3;1-7-14-9(16)4-5-15(7)11-12(2,13)10(17)8(19-11)6-18-3;1-7-14-9(13)4-5-15(7)12-11(18-3)10(16)8(19-12)6-17-2;1-5(15)9-12-4-14(13-9)10-7(11)8(16)6(18-10)3-17-2;1-6-13-10(12)7(11)3-14(6)8-5-17-9(16-8)4-15-2;1-2-15-6-5-14-7-13-9-8(11)3-4-12-10(9)14/h4-5,8,10-11,17H,1,6H2,2-3H3,(H2,14,15);4-5,8,10-11,17H,1,6H2,2-3H3,(H,14,16);4-5,8,10-12,16H,1,6H2,2-3H3,(H2,13,14);4,6-8,10,16H,3H2,1-2H3;3,8-9H,1,4-5H2,2H3,(H2,12,13);3-4,7H,2,5-6H2,1H3,(H2,11,12)/t3*8-,10-,11-,12-;6-,7-,8-,10-;8-,9+;/m11110./s1. The van der Waals surface area contributed by atoms with Crippen molar-refractivity contribution in [2.24, 2.45) is 32.2 Å². The fraction of sp³-hybridized carbons (Fsp3) is 0.561.